The monoisotopic (exact) mass is 148 g/mol. The first-order valence-corrected chi connectivity index (χ1v) is 2.50. The van der Waals surface area contributed by atoms with Gasteiger partial charge in [-0.2, -0.15) is 4.99 Å². The van der Waals surface area contributed by atoms with E-state index in [1.807, 2.05) is 0 Å². The van der Waals surface area contributed by atoms with Gasteiger partial charge in [0.15, 0.2) is 5.11 Å². The van der Waals surface area contributed by atoms with E-state index < -0.39 is 0 Å². The Labute approximate surface area is 58.0 Å². The summed E-state index contributed by atoms with van der Waals surface area (Å²) >= 11 is 4.40. The van der Waals surface area contributed by atoms with Gasteiger partial charge in [0.2, 0.25) is 5.96 Å². The molecule has 6 heteroatoms. The number of hydrogen-bond donors (Lipinski definition) is 3. The van der Waals surface area contributed by atoms with Crippen LogP contribution in [0.1, 0.15) is 0 Å². The number of hydrogen-bond acceptors (Lipinski definition) is 2. The van der Waals surface area contributed by atoms with E-state index in [1.54, 1.807) is 0 Å². The largest absolute Gasteiger partial charge is 0.374 e. The van der Waals surface area contributed by atoms with Crippen molar-refractivity contribution in [1.82, 2.24) is 5.48 Å². The number of aliphatic imine (C=N–C) groups is 1. The first-order chi connectivity index (χ1) is 4.16. The van der Waals surface area contributed by atoms with Crippen molar-refractivity contribution >= 4 is 23.3 Å². The molecule has 0 fully saturated rings. The minimum atomic E-state index is -0.0305. The molecule has 0 heterocycles. The van der Waals surface area contributed by atoms with Crippen molar-refractivity contribution in [3.05, 3.63) is 0 Å². The summed E-state index contributed by atoms with van der Waals surface area (Å²) in [6.45, 7) is 0. The fraction of sp³-hybridized carbons (Fsp3) is 0.333. The molecule has 5 N–H and O–H groups in total. The second kappa shape index (κ2) is 4.04. The zero-order valence-corrected chi connectivity index (χ0v) is 5.73. The van der Waals surface area contributed by atoms with Crippen LogP contribution in [0.2, 0.25) is 0 Å². The Morgan fingerprint density at radius 3 is 2.56 bits per heavy atom. The van der Waals surface area contributed by atoms with Crippen LogP contribution < -0.4 is 16.9 Å². The Balaban J connectivity index is 3.69. The molecule has 0 aliphatic carbocycles. The third kappa shape index (κ3) is 4.98. The zero-order valence-electron chi connectivity index (χ0n) is 4.92. The van der Waals surface area contributed by atoms with Gasteiger partial charge in [0.1, 0.15) is 0 Å². The van der Waals surface area contributed by atoms with Crippen LogP contribution in [0.5, 0.6) is 0 Å². The van der Waals surface area contributed by atoms with Gasteiger partial charge in [-0.15, -0.1) is 0 Å². The van der Waals surface area contributed by atoms with Crippen molar-refractivity contribution in [3.8, 4) is 0 Å². The van der Waals surface area contributed by atoms with E-state index in [9.17, 15) is 0 Å². The highest BCUT2D eigenvalue weighted by molar-refractivity contribution is 7.80. The van der Waals surface area contributed by atoms with Gasteiger partial charge in [-0.3, -0.25) is 4.84 Å². The molecule has 0 saturated carbocycles. The van der Waals surface area contributed by atoms with Gasteiger partial charge in [-0.25, -0.2) is 5.48 Å². The lowest BCUT2D eigenvalue weighted by Crippen LogP contribution is -2.32. The molecule has 0 atom stereocenters. The summed E-state index contributed by atoms with van der Waals surface area (Å²) in [5, 5.41) is -0.0305. The number of nitrogens with two attached hydrogens (primary N) is 2. The molecule has 0 radical (unpaired) electrons. The predicted molar refractivity (Wildman–Crippen MR) is 38.6 cm³/mol. The molecule has 0 aliphatic rings. The maximum absolute atomic E-state index is 5.13. The highest BCUT2D eigenvalue weighted by atomic mass is 32.1. The fourth-order valence-corrected chi connectivity index (χ4v) is 0.344. The Bertz CT molecular complexity index is 134. The molecular formula is C3H8N4OS. The number of hydroxylamine groups is 1. The van der Waals surface area contributed by atoms with E-state index in [4.69, 9.17) is 11.5 Å². The van der Waals surface area contributed by atoms with Crippen molar-refractivity contribution < 1.29 is 4.84 Å². The summed E-state index contributed by atoms with van der Waals surface area (Å²) in [7, 11) is 1.40. The molecule has 0 rings (SSSR count). The normalized spacial score (nSPS) is 11.0. The van der Waals surface area contributed by atoms with Gasteiger partial charge in [-0.05, 0) is 12.2 Å². The summed E-state index contributed by atoms with van der Waals surface area (Å²) in [4.78, 5) is 7.82. The first kappa shape index (κ1) is 8.12. The quantitative estimate of drug-likeness (QED) is 0.186. The Morgan fingerprint density at radius 2 is 2.22 bits per heavy atom. The Morgan fingerprint density at radius 1 is 1.67 bits per heavy atom. The minimum Gasteiger partial charge on any atom is -0.374 e. The van der Waals surface area contributed by atoms with Crippen LogP contribution in [0.15, 0.2) is 4.99 Å². The maximum Gasteiger partial charge on any atom is 0.220 e. The molecule has 0 saturated heterocycles. The number of guanidine groups is 1. The van der Waals surface area contributed by atoms with Crippen LogP contribution in [0.4, 0.5) is 0 Å². The van der Waals surface area contributed by atoms with E-state index in [2.05, 4.69) is 27.5 Å². The van der Waals surface area contributed by atoms with Crippen LogP contribution in [-0.4, -0.2) is 18.2 Å². The molecule has 0 amide bonds. The van der Waals surface area contributed by atoms with Crippen molar-refractivity contribution in [3.63, 3.8) is 0 Å². The van der Waals surface area contributed by atoms with Gasteiger partial charge in [0.05, 0.1) is 7.11 Å². The number of thiocarbonyl (C=S) groups is 1. The molecule has 5 nitrogen and oxygen atoms in total. The second-order valence-electron chi connectivity index (χ2n) is 1.14. The van der Waals surface area contributed by atoms with Gasteiger partial charge < -0.3 is 11.5 Å². The Hall–Kier alpha value is -0.880. The molecule has 52 valence electrons. The molecule has 9 heavy (non-hydrogen) atoms. The highest BCUT2D eigenvalue weighted by Gasteiger charge is 1.86. The smallest absolute Gasteiger partial charge is 0.220 e. The SMILES string of the molecule is CON/C(N)=N/C(N)=S. The maximum atomic E-state index is 5.13. The van der Waals surface area contributed by atoms with Crippen molar-refractivity contribution in [2.45, 2.75) is 0 Å². The minimum absolute atomic E-state index is 0.0305. The summed E-state index contributed by atoms with van der Waals surface area (Å²) in [6.07, 6.45) is 0. The van der Waals surface area contributed by atoms with Crippen LogP contribution in [-0.2, 0) is 4.84 Å². The van der Waals surface area contributed by atoms with Crippen LogP contribution in [0.3, 0.4) is 0 Å². The van der Waals surface area contributed by atoms with Crippen molar-refractivity contribution in [2.75, 3.05) is 7.11 Å². The lowest BCUT2D eigenvalue weighted by molar-refractivity contribution is 0.143. The third-order valence-corrected chi connectivity index (χ3v) is 0.529. The summed E-state index contributed by atoms with van der Waals surface area (Å²) in [6, 6.07) is 0. The van der Waals surface area contributed by atoms with E-state index in [0.29, 0.717) is 0 Å². The average molecular weight is 148 g/mol. The summed E-state index contributed by atoms with van der Waals surface area (Å²) in [5.74, 6) is 0.0463. The average Bonchev–Trinajstić information content (AvgIpc) is 1.63. The van der Waals surface area contributed by atoms with Gasteiger partial charge in [-0.1, -0.05) is 0 Å². The van der Waals surface area contributed by atoms with E-state index in [-0.39, 0.29) is 11.1 Å². The van der Waals surface area contributed by atoms with Crippen LogP contribution in [0.25, 0.3) is 0 Å². The van der Waals surface area contributed by atoms with Gasteiger partial charge in [0.25, 0.3) is 0 Å². The van der Waals surface area contributed by atoms with E-state index >= 15 is 0 Å². The molecule has 0 bridgehead atoms. The Kier molecular flexibility index (Phi) is 3.65. The molecular weight excluding hydrogens is 140 g/mol. The van der Waals surface area contributed by atoms with E-state index in [0.717, 1.165) is 0 Å². The second-order valence-corrected chi connectivity index (χ2v) is 1.56. The number of nitrogens with one attached hydrogen (secondary N) is 1. The summed E-state index contributed by atoms with van der Waals surface area (Å²) in [5.41, 5.74) is 12.4. The third-order valence-electron chi connectivity index (χ3n) is 0.437. The first-order valence-electron chi connectivity index (χ1n) is 2.09. The van der Waals surface area contributed by atoms with Crippen molar-refractivity contribution in [2.24, 2.45) is 16.5 Å². The number of nitrogens with zero attached hydrogens (tertiary/aromatic N) is 1. The zero-order chi connectivity index (χ0) is 7.28. The topological polar surface area (TPSA) is 85.7 Å². The molecule has 0 aromatic rings. The number of rotatable bonds is 1. The molecule has 0 unspecified atom stereocenters. The fourth-order valence-electron chi connectivity index (χ4n) is 0.246. The standard InChI is InChI=1S/C3H8N4OS/c1-8-7-2(4)6-3(5)9/h1H3,(H5,4,5,6,7,9). The predicted octanol–water partition coefficient (Wildman–Crippen LogP) is -1.30. The molecule has 0 aliphatic heterocycles. The van der Waals surface area contributed by atoms with Crippen LogP contribution >= 0.6 is 12.2 Å². The van der Waals surface area contributed by atoms with Crippen LogP contribution in [0, 0.1) is 0 Å². The lowest BCUT2D eigenvalue weighted by atomic mass is 11.0. The van der Waals surface area contributed by atoms with Gasteiger partial charge >= 0.3 is 0 Å². The molecule has 0 aromatic carbocycles. The lowest BCUT2D eigenvalue weighted by Gasteiger charge is -1.98. The van der Waals surface area contributed by atoms with Gasteiger partial charge in [0, 0.05) is 0 Å². The molecule has 0 aromatic heterocycles. The summed E-state index contributed by atoms with van der Waals surface area (Å²) < 4.78 is 0. The molecule has 0 spiro atoms. The van der Waals surface area contributed by atoms with Crippen molar-refractivity contribution in [1.29, 1.82) is 0 Å². The van der Waals surface area contributed by atoms with E-state index in [1.165, 1.54) is 7.11 Å². The highest BCUT2D eigenvalue weighted by Crippen LogP contribution is 1.67.